The van der Waals surface area contributed by atoms with Gasteiger partial charge in [0.05, 0.1) is 11.6 Å². The molecule has 3 aromatic carbocycles. The first kappa shape index (κ1) is 21.3. The van der Waals surface area contributed by atoms with Crippen molar-refractivity contribution in [1.29, 1.82) is 0 Å². The maximum atomic E-state index is 13.6. The molecular weight excluding hydrogens is 467 g/mol. The van der Waals surface area contributed by atoms with Crippen LogP contribution in [0.15, 0.2) is 83.0 Å². The molecule has 3 heterocycles. The molecule has 1 atom stereocenters. The summed E-state index contributed by atoms with van der Waals surface area (Å²) in [5.41, 5.74) is 4.03. The zero-order valence-electron chi connectivity index (χ0n) is 18.6. The summed E-state index contributed by atoms with van der Waals surface area (Å²) >= 11 is 5.72. The molecule has 6 rings (SSSR count). The van der Waals surface area contributed by atoms with Gasteiger partial charge in [0.25, 0.3) is 5.89 Å². The van der Waals surface area contributed by atoms with Crippen LogP contribution >= 0.6 is 12.2 Å². The van der Waals surface area contributed by atoms with E-state index in [1.165, 1.54) is 12.1 Å². The molecule has 1 aromatic heterocycles. The molecule has 0 saturated carbocycles. The Labute approximate surface area is 205 Å². The van der Waals surface area contributed by atoms with Crippen molar-refractivity contribution >= 4 is 28.6 Å². The van der Waals surface area contributed by atoms with Crippen molar-refractivity contribution in [3.8, 4) is 22.9 Å². The van der Waals surface area contributed by atoms with E-state index in [0.717, 1.165) is 28.1 Å². The largest absolute Gasteiger partial charge is 0.454 e. The Morgan fingerprint density at radius 1 is 1.00 bits per heavy atom. The van der Waals surface area contributed by atoms with Gasteiger partial charge in [-0.3, -0.25) is 4.90 Å². The molecule has 174 valence electrons. The van der Waals surface area contributed by atoms with Crippen LogP contribution in [0.4, 0.5) is 10.1 Å². The quantitative estimate of drug-likeness (QED) is 0.381. The van der Waals surface area contributed by atoms with Crippen LogP contribution in [0.1, 0.15) is 24.4 Å². The summed E-state index contributed by atoms with van der Waals surface area (Å²) < 4.78 is 30.2. The fourth-order valence-corrected chi connectivity index (χ4v) is 4.66. The van der Waals surface area contributed by atoms with E-state index >= 15 is 0 Å². The van der Waals surface area contributed by atoms with Crippen LogP contribution in [0.5, 0.6) is 11.5 Å². The number of aromatic nitrogens is 2. The second-order valence-electron chi connectivity index (χ2n) is 8.10. The number of rotatable bonds is 4. The van der Waals surface area contributed by atoms with Crippen LogP contribution in [-0.2, 0) is 0 Å². The van der Waals surface area contributed by atoms with E-state index in [2.05, 4.69) is 10.5 Å². The summed E-state index contributed by atoms with van der Waals surface area (Å²) in [6.07, 6.45) is 0. The number of nitrogens with zero attached hydrogens (tertiary/aromatic N) is 3. The second-order valence-corrected chi connectivity index (χ2v) is 8.48. The number of ether oxygens (including phenoxy) is 2. The molecule has 0 fully saturated rings. The normalized spacial score (nSPS) is 17.0. The highest BCUT2D eigenvalue weighted by molar-refractivity contribution is 7.80. The van der Waals surface area contributed by atoms with Crippen molar-refractivity contribution in [2.24, 2.45) is 0 Å². The van der Waals surface area contributed by atoms with Crippen molar-refractivity contribution in [2.45, 2.75) is 13.0 Å². The molecule has 0 bridgehead atoms. The Morgan fingerprint density at radius 2 is 1.77 bits per heavy atom. The smallest absolute Gasteiger partial charge is 0.258 e. The van der Waals surface area contributed by atoms with Gasteiger partial charge < -0.3 is 19.3 Å². The lowest BCUT2D eigenvalue weighted by atomic mass is 9.94. The Kier molecular flexibility index (Phi) is 5.18. The van der Waals surface area contributed by atoms with Gasteiger partial charge in [-0.25, -0.2) is 4.39 Å². The lowest BCUT2D eigenvalue weighted by Crippen LogP contribution is -2.46. The molecule has 0 spiro atoms. The van der Waals surface area contributed by atoms with E-state index in [1.54, 1.807) is 12.1 Å². The second kappa shape index (κ2) is 8.52. The molecule has 7 nitrogen and oxygen atoms in total. The summed E-state index contributed by atoms with van der Waals surface area (Å²) in [4.78, 5) is 6.56. The van der Waals surface area contributed by atoms with Crippen LogP contribution in [0.25, 0.3) is 17.0 Å². The highest BCUT2D eigenvalue weighted by Crippen LogP contribution is 2.40. The zero-order valence-corrected chi connectivity index (χ0v) is 19.4. The van der Waals surface area contributed by atoms with Gasteiger partial charge in [0.15, 0.2) is 16.6 Å². The number of fused-ring (bicyclic) bond motifs is 1. The van der Waals surface area contributed by atoms with E-state index in [-0.39, 0.29) is 18.7 Å². The first-order valence-electron chi connectivity index (χ1n) is 10.9. The number of thiocarbonyl (C=S) groups is 1. The van der Waals surface area contributed by atoms with Crippen molar-refractivity contribution in [2.75, 3.05) is 11.7 Å². The molecule has 1 unspecified atom stereocenters. The minimum absolute atomic E-state index is 0.186. The van der Waals surface area contributed by atoms with E-state index < -0.39 is 0 Å². The SMILES string of the molecule is CC1=C(c2nc(-c3ccc4c(c3)OCO4)no2)C(c2ccccc2)NC(=S)N1c1ccc(F)cc1. The molecule has 1 N–H and O–H groups in total. The average Bonchev–Trinajstić information content (AvgIpc) is 3.55. The Balaban J connectivity index is 1.46. The van der Waals surface area contributed by atoms with E-state index in [1.807, 2.05) is 60.4 Å². The minimum atomic E-state index is -0.320. The fraction of sp³-hybridized carbons (Fsp3) is 0.115. The molecule has 35 heavy (non-hydrogen) atoms. The lowest BCUT2D eigenvalue weighted by molar-refractivity contribution is 0.174. The van der Waals surface area contributed by atoms with Gasteiger partial charge >= 0.3 is 0 Å². The van der Waals surface area contributed by atoms with Crippen LogP contribution in [-0.4, -0.2) is 22.0 Å². The van der Waals surface area contributed by atoms with Crippen molar-refractivity contribution < 1.29 is 18.4 Å². The number of halogens is 1. The number of anilines is 1. The highest BCUT2D eigenvalue weighted by Gasteiger charge is 2.34. The van der Waals surface area contributed by atoms with E-state index in [4.69, 9.17) is 31.2 Å². The molecule has 4 aromatic rings. The molecule has 0 aliphatic carbocycles. The van der Waals surface area contributed by atoms with Gasteiger partial charge in [-0.2, -0.15) is 4.98 Å². The van der Waals surface area contributed by atoms with Gasteiger partial charge in [-0.15, -0.1) is 0 Å². The number of allylic oxidation sites excluding steroid dienone is 1. The summed E-state index contributed by atoms with van der Waals surface area (Å²) in [7, 11) is 0. The minimum Gasteiger partial charge on any atom is -0.454 e. The third kappa shape index (κ3) is 3.79. The standard InChI is InChI=1S/C26H19FN4O3S/c1-15-22(25-29-24(30-34-25)17-7-12-20-21(13-17)33-14-32-20)23(16-5-3-2-4-6-16)28-26(35)31(15)19-10-8-18(27)9-11-19/h2-13,23H,14H2,1H3,(H,28,35). The van der Waals surface area contributed by atoms with Gasteiger partial charge in [-0.1, -0.05) is 35.5 Å². The van der Waals surface area contributed by atoms with Gasteiger partial charge in [-0.05, 0) is 67.2 Å². The third-order valence-corrected chi connectivity index (χ3v) is 6.29. The third-order valence-electron chi connectivity index (χ3n) is 5.99. The zero-order chi connectivity index (χ0) is 23.9. The molecular formula is C26H19FN4O3S. The lowest BCUT2D eigenvalue weighted by Gasteiger charge is -2.37. The fourth-order valence-electron chi connectivity index (χ4n) is 4.30. The summed E-state index contributed by atoms with van der Waals surface area (Å²) in [5.74, 6) is 1.77. The summed E-state index contributed by atoms with van der Waals surface area (Å²) in [6.45, 7) is 2.12. The Hall–Kier alpha value is -4.24. The molecule has 0 amide bonds. The first-order valence-corrected chi connectivity index (χ1v) is 11.4. The van der Waals surface area contributed by atoms with Gasteiger partial charge in [0, 0.05) is 16.9 Å². The molecule has 2 aliphatic rings. The highest BCUT2D eigenvalue weighted by atomic mass is 32.1. The first-order chi connectivity index (χ1) is 17.1. The van der Waals surface area contributed by atoms with Crippen LogP contribution in [0.3, 0.4) is 0 Å². The number of hydrogen-bond donors (Lipinski definition) is 1. The summed E-state index contributed by atoms with van der Waals surface area (Å²) in [6, 6.07) is 21.3. The molecule has 9 heteroatoms. The number of hydrogen-bond acceptors (Lipinski definition) is 6. The summed E-state index contributed by atoms with van der Waals surface area (Å²) in [5, 5.41) is 8.12. The number of nitrogens with one attached hydrogen (secondary N) is 1. The monoisotopic (exact) mass is 486 g/mol. The van der Waals surface area contributed by atoms with Crippen molar-refractivity contribution in [3.05, 3.63) is 95.8 Å². The van der Waals surface area contributed by atoms with E-state index in [0.29, 0.717) is 28.3 Å². The molecule has 0 radical (unpaired) electrons. The van der Waals surface area contributed by atoms with Crippen molar-refractivity contribution in [3.63, 3.8) is 0 Å². The van der Waals surface area contributed by atoms with Crippen LogP contribution in [0, 0.1) is 5.82 Å². The Morgan fingerprint density at radius 3 is 2.57 bits per heavy atom. The van der Waals surface area contributed by atoms with Crippen molar-refractivity contribution in [1.82, 2.24) is 15.5 Å². The number of benzene rings is 3. The van der Waals surface area contributed by atoms with Crippen LogP contribution < -0.4 is 19.7 Å². The maximum Gasteiger partial charge on any atom is 0.258 e. The van der Waals surface area contributed by atoms with Crippen LogP contribution in [0.2, 0.25) is 0 Å². The predicted molar refractivity (Wildman–Crippen MR) is 132 cm³/mol. The predicted octanol–water partition coefficient (Wildman–Crippen LogP) is 5.47. The molecule has 0 saturated heterocycles. The maximum absolute atomic E-state index is 13.6. The van der Waals surface area contributed by atoms with E-state index in [9.17, 15) is 4.39 Å². The molecule has 2 aliphatic heterocycles. The average molecular weight is 487 g/mol. The van der Waals surface area contributed by atoms with Gasteiger partial charge in [0.2, 0.25) is 12.6 Å². The Bertz CT molecular complexity index is 1450. The topological polar surface area (TPSA) is 72.6 Å². The van der Waals surface area contributed by atoms with Gasteiger partial charge in [0.1, 0.15) is 5.82 Å².